The Bertz CT molecular complexity index is 490. The maximum absolute atomic E-state index is 9.62. The largest absolute Gasteiger partial charge is 0.495 e. The zero-order chi connectivity index (χ0) is 14.4. The monoisotopic (exact) mass is 276 g/mol. The molecule has 2 N–H and O–H groups in total. The van der Waals surface area contributed by atoms with E-state index in [-0.39, 0.29) is 12.1 Å². The van der Waals surface area contributed by atoms with Crippen molar-refractivity contribution in [2.45, 2.75) is 24.9 Å². The summed E-state index contributed by atoms with van der Waals surface area (Å²) in [7, 11) is 1.56. The Morgan fingerprint density at radius 3 is 2.80 bits per heavy atom. The van der Waals surface area contributed by atoms with Gasteiger partial charge in [0, 0.05) is 25.3 Å². The van der Waals surface area contributed by atoms with Crippen LogP contribution in [0.1, 0.15) is 24.0 Å². The molecule has 0 spiro atoms. The van der Waals surface area contributed by atoms with E-state index in [0.29, 0.717) is 31.1 Å². The van der Waals surface area contributed by atoms with Crippen molar-refractivity contribution in [2.24, 2.45) is 0 Å². The summed E-state index contributed by atoms with van der Waals surface area (Å²) in [5.74, 6) is 0.580. The van der Waals surface area contributed by atoms with Gasteiger partial charge in [-0.15, -0.1) is 0 Å². The minimum Gasteiger partial charge on any atom is -0.495 e. The number of hydrogen-bond acceptors (Lipinski definition) is 5. The van der Waals surface area contributed by atoms with Gasteiger partial charge < -0.3 is 19.9 Å². The number of hydrogen-bond donors (Lipinski definition) is 2. The van der Waals surface area contributed by atoms with Crippen molar-refractivity contribution in [3.05, 3.63) is 29.3 Å². The number of nitriles is 1. The van der Waals surface area contributed by atoms with E-state index in [9.17, 15) is 5.11 Å². The summed E-state index contributed by atoms with van der Waals surface area (Å²) in [4.78, 5) is 0. The number of aliphatic hydroxyl groups is 1. The first-order chi connectivity index (χ1) is 9.73. The Morgan fingerprint density at radius 2 is 2.20 bits per heavy atom. The summed E-state index contributed by atoms with van der Waals surface area (Å²) >= 11 is 0. The molecule has 1 aromatic carbocycles. The third-order valence-electron chi connectivity index (χ3n) is 3.81. The van der Waals surface area contributed by atoms with E-state index >= 15 is 0 Å². The first-order valence-corrected chi connectivity index (χ1v) is 6.74. The molecule has 0 saturated carbocycles. The van der Waals surface area contributed by atoms with E-state index in [4.69, 9.17) is 14.7 Å². The Hall–Kier alpha value is -1.61. The van der Waals surface area contributed by atoms with Crippen molar-refractivity contribution in [3.8, 4) is 11.8 Å². The number of aliphatic hydroxyl groups excluding tert-OH is 1. The quantitative estimate of drug-likeness (QED) is 0.845. The van der Waals surface area contributed by atoms with Gasteiger partial charge in [-0.1, -0.05) is 6.07 Å². The second kappa shape index (κ2) is 6.71. The second-order valence-corrected chi connectivity index (χ2v) is 5.05. The number of ether oxygens (including phenoxy) is 2. The fourth-order valence-corrected chi connectivity index (χ4v) is 2.38. The number of methoxy groups -OCH3 is 1. The number of nitrogens with zero attached hydrogens (tertiary/aromatic N) is 1. The molecule has 0 radical (unpaired) electrons. The Morgan fingerprint density at radius 1 is 1.45 bits per heavy atom. The van der Waals surface area contributed by atoms with Crippen LogP contribution in [-0.2, 0) is 11.3 Å². The van der Waals surface area contributed by atoms with Crippen LogP contribution >= 0.6 is 0 Å². The van der Waals surface area contributed by atoms with Gasteiger partial charge in [0.15, 0.2) is 0 Å². The van der Waals surface area contributed by atoms with Gasteiger partial charge in [-0.25, -0.2) is 0 Å². The fraction of sp³-hybridized carbons (Fsp3) is 0.533. The number of nitrogens with one attached hydrogen (secondary N) is 1. The highest BCUT2D eigenvalue weighted by molar-refractivity contribution is 5.45. The molecule has 5 heteroatoms. The van der Waals surface area contributed by atoms with Gasteiger partial charge in [0.2, 0.25) is 0 Å². The van der Waals surface area contributed by atoms with Crippen molar-refractivity contribution in [1.29, 1.82) is 5.26 Å². The summed E-state index contributed by atoms with van der Waals surface area (Å²) in [6.07, 6.45) is 1.60. The van der Waals surface area contributed by atoms with Crippen LogP contribution in [0.4, 0.5) is 0 Å². The van der Waals surface area contributed by atoms with Crippen LogP contribution in [0, 0.1) is 11.3 Å². The zero-order valence-corrected chi connectivity index (χ0v) is 11.7. The van der Waals surface area contributed by atoms with Crippen LogP contribution in [0.3, 0.4) is 0 Å². The van der Waals surface area contributed by atoms with E-state index in [0.717, 1.165) is 18.4 Å². The van der Waals surface area contributed by atoms with E-state index in [1.807, 2.05) is 12.1 Å². The van der Waals surface area contributed by atoms with Crippen molar-refractivity contribution in [3.63, 3.8) is 0 Å². The highest BCUT2D eigenvalue weighted by atomic mass is 16.5. The van der Waals surface area contributed by atoms with E-state index in [1.54, 1.807) is 13.2 Å². The summed E-state index contributed by atoms with van der Waals surface area (Å²) in [5.41, 5.74) is 1.29. The van der Waals surface area contributed by atoms with Crippen molar-refractivity contribution in [1.82, 2.24) is 5.32 Å². The standard InChI is InChI=1S/C15H20N2O3/c1-19-14-8-12(2-3-13(14)9-16)10-17-15(11-18)4-6-20-7-5-15/h2-3,8,17-18H,4-7,10-11H2,1H3. The van der Waals surface area contributed by atoms with E-state index < -0.39 is 0 Å². The van der Waals surface area contributed by atoms with Gasteiger partial charge in [-0.05, 0) is 30.5 Å². The normalized spacial score (nSPS) is 17.4. The van der Waals surface area contributed by atoms with Crippen LogP contribution in [0.25, 0.3) is 0 Å². The minimum absolute atomic E-state index is 0.101. The average Bonchev–Trinajstić information content (AvgIpc) is 2.53. The Kier molecular flexibility index (Phi) is 4.96. The molecule has 1 fully saturated rings. The van der Waals surface area contributed by atoms with Crippen LogP contribution < -0.4 is 10.1 Å². The lowest BCUT2D eigenvalue weighted by atomic mass is 9.90. The molecule has 0 amide bonds. The molecule has 2 rings (SSSR count). The van der Waals surface area contributed by atoms with Crippen LogP contribution in [0.5, 0.6) is 5.75 Å². The molecule has 1 heterocycles. The zero-order valence-electron chi connectivity index (χ0n) is 11.7. The molecule has 0 atom stereocenters. The van der Waals surface area contributed by atoms with Gasteiger partial charge in [0.05, 0.1) is 19.3 Å². The lowest BCUT2D eigenvalue weighted by Gasteiger charge is -2.36. The smallest absolute Gasteiger partial charge is 0.136 e. The van der Waals surface area contributed by atoms with Gasteiger partial charge >= 0.3 is 0 Å². The third-order valence-corrected chi connectivity index (χ3v) is 3.81. The minimum atomic E-state index is -0.264. The average molecular weight is 276 g/mol. The Labute approximate surface area is 119 Å². The second-order valence-electron chi connectivity index (χ2n) is 5.05. The van der Waals surface area contributed by atoms with Gasteiger partial charge in [-0.3, -0.25) is 0 Å². The van der Waals surface area contributed by atoms with Crippen molar-refractivity contribution in [2.75, 3.05) is 26.9 Å². The third kappa shape index (κ3) is 3.28. The first-order valence-electron chi connectivity index (χ1n) is 6.74. The highest BCUT2D eigenvalue weighted by Crippen LogP contribution is 2.23. The van der Waals surface area contributed by atoms with Gasteiger partial charge in [-0.2, -0.15) is 5.26 Å². The summed E-state index contributed by atoms with van der Waals surface area (Å²) in [5, 5.41) is 22.0. The molecule has 0 aromatic heterocycles. The summed E-state index contributed by atoms with van der Waals surface area (Å²) in [6, 6.07) is 7.61. The topological polar surface area (TPSA) is 74.5 Å². The predicted octanol–water partition coefficient (Wildman–Crippen LogP) is 1.20. The molecular formula is C15H20N2O3. The molecule has 1 aliphatic rings. The number of rotatable bonds is 5. The molecule has 1 aromatic rings. The van der Waals surface area contributed by atoms with Crippen LogP contribution in [-0.4, -0.2) is 37.6 Å². The molecule has 108 valence electrons. The molecule has 0 unspecified atom stereocenters. The van der Waals surface area contributed by atoms with Crippen molar-refractivity contribution >= 4 is 0 Å². The Balaban J connectivity index is 2.05. The predicted molar refractivity (Wildman–Crippen MR) is 74.4 cm³/mol. The van der Waals surface area contributed by atoms with Crippen LogP contribution in [0.15, 0.2) is 18.2 Å². The lowest BCUT2D eigenvalue weighted by molar-refractivity contribution is 0.0111. The highest BCUT2D eigenvalue weighted by Gasteiger charge is 2.31. The molecule has 0 aliphatic carbocycles. The molecule has 0 bridgehead atoms. The molecular weight excluding hydrogens is 256 g/mol. The fourth-order valence-electron chi connectivity index (χ4n) is 2.38. The number of benzene rings is 1. The van der Waals surface area contributed by atoms with Gasteiger partial charge in [0.25, 0.3) is 0 Å². The summed E-state index contributed by atoms with van der Waals surface area (Å²) in [6.45, 7) is 2.07. The van der Waals surface area contributed by atoms with Crippen molar-refractivity contribution < 1.29 is 14.6 Å². The maximum atomic E-state index is 9.62. The molecule has 5 nitrogen and oxygen atoms in total. The van der Waals surface area contributed by atoms with E-state index in [1.165, 1.54) is 0 Å². The maximum Gasteiger partial charge on any atom is 0.136 e. The lowest BCUT2D eigenvalue weighted by Crippen LogP contribution is -2.51. The van der Waals surface area contributed by atoms with Crippen LogP contribution in [0.2, 0.25) is 0 Å². The van der Waals surface area contributed by atoms with Gasteiger partial charge in [0.1, 0.15) is 11.8 Å². The SMILES string of the molecule is COc1cc(CNC2(CO)CCOCC2)ccc1C#N. The summed E-state index contributed by atoms with van der Waals surface area (Å²) < 4.78 is 10.5. The molecule has 1 aliphatic heterocycles. The van der Waals surface area contributed by atoms with E-state index in [2.05, 4.69) is 11.4 Å². The first kappa shape index (κ1) is 14.8. The molecule has 20 heavy (non-hydrogen) atoms. The molecule has 1 saturated heterocycles.